The fourth-order valence-electron chi connectivity index (χ4n) is 2.70. The summed E-state index contributed by atoms with van der Waals surface area (Å²) in [5, 5.41) is 0. The molecule has 0 unspecified atom stereocenters. The Hall–Kier alpha value is -0.760. The van der Waals surface area contributed by atoms with Gasteiger partial charge in [0.15, 0.2) is 0 Å². The highest BCUT2D eigenvalue weighted by atomic mass is 16.5. The van der Waals surface area contributed by atoms with Crippen LogP contribution in [0.3, 0.4) is 0 Å². The van der Waals surface area contributed by atoms with Crippen molar-refractivity contribution in [2.75, 3.05) is 6.61 Å². The maximum Gasteiger partial charge on any atom is 0.0974 e. The van der Waals surface area contributed by atoms with Crippen LogP contribution in [-0.2, 0) is 9.47 Å². The first-order valence-corrected chi connectivity index (χ1v) is 6.89. The van der Waals surface area contributed by atoms with Crippen molar-refractivity contribution in [3.63, 3.8) is 0 Å². The molecule has 0 spiro atoms. The minimum atomic E-state index is 0.0279. The second kappa shape index (κ2) is 6.25. The molecular formula is C15H24O2. The lowest BCUT2D eigenvalue weighted by Crippen LogP contribution is -2.24. The molecule has 0 amide bonds. The van der Waals surface area contributed by atoms with Crippen molar-refractivity contribution >= 4 is 0 Å². The molecule has 0 aromatic rings. The molecule has 1 aliphatic heterocycles. The van der Waals surface area contributed by atoms with Crippen LogP contribution in [0, 0.1) is 5.92 Å². The first-order chi connectivity index (χ1) is 8.28. The predicted octanol–water partition coefficient (Wildman–Crippen LogP) is 3.83. The molecule has 2 rings (SSSR count). The number of rotatable bonds is 4. The van der Waals surface area contributed by atoms with Gasteiger partial charge in [0.2, 0.25) is 0 Å². The van der Waals surface area contributed by atoms with Crippen molar-refractivity contribution in [3.05, 3.63) is 24.5 Å². The molecule has 2 atom stereocenters. The zero-order valence-electron chi connectivity index (χ0n) is 10.9. The average molecular weight is 236 g/mol. The van der Waals surface area contributed by atoms with Gasteiger partial charge in [0.25, 0.3) is 0 Å². The molecule has 17 heavy (non-hydrogen) atoms. The van der Waals surface area contributed by atoms with Crippen LogP contribution in [-0.4, -0.2) is 18.8 Å². The molecule has 0 N–H and O–H groups in total. The molecule has 0 radical (unpaired) electrons. The Balaban J connectivity index is 1.80. The summed E-state index contributed by atoms with van der Waals surface area (Å²) in [5.41, 5.74) is 0. The summed E-state index contributed by atoms with van der Waals surface area (Å²) in [4.78, 5) is 0. The highest BCUT2D eigenvalue weighted by Crippen LogP contribution is 2.26. The summed E-state index contributed by atoms with van der Waals surface area (Å²) in [6.07, 6.45) is 11.9. The minimum absolute atomic E-state index is 0.0279. The SMILES string of the molecule is C=C[C@H]1C=C(OCC2CCCCC2)C[C@@H](C)O1. The molecule has 2 nitrogen and oxygen atoms in total. The zero-order chi connectivity index (χ0) is 12.1. The second-order valence-corrected chi connectivity index (χ2v) is 5.30. The molecule has 1 aliphatic carbocycles. The molecule has 96 valence electrons. The fourth-order valence-corrected chi connectivity index (χ4v) is 2.70. The normalized spacial score (nSPS) is 30.8. The topological polar surface area (TPSA) is 18.5 Å². The van der Waals surface area contributed by atoms with Crippen molar-refractivity contribution in [1.29, 1.82) is 0 Å². The molecule has 1 saturated carbocycles. The Morgan fingerprint density at radius 3 is 2.88 bits per heavy atom. The van der Waals surface area contributed by atoms with Gasteiger partial charge in [-0.3, -0.25) is 0 Å². The minimum Gasteiger partial charge on any atom is -0.498 e. The van der Waals surface area contributed by atoms with Gasteiger partial charge in [0.1, 0.15) is 0 Å². The van der Waals surface area contributed by atoms with E-state index in [1.807, 2.05) is 6.08 Å². The molecule has 2 aliphatic rings. The molecular weight excluding hydrogens is 212 g/mol. The summed E-state index contributed by atoms with van der Waals surface area (Å²) < 4.78 is 11.6. The van der Waals surface area contributed by atoms with E-state index in [-0.39, 0.29) is 12.2 Å². The standard InChI is InChI=1S/C15H24O2/c1-3-14-10-15(9-12(2)17-14)16-11-13-7-5-4-6-8-13/h3,10,12-14H,1,4-9,11H2,2H3/t12-,14+/m1/s1. The Morgan fingerprint density at radius 2 is 2.18 bits per heavy atom. The van der Waals surface area contributed by atoms with Crippen molar-refractivity contribution in [3.8, 4) is 0 Å². The third-order valence-electron chi connectivity index (χ3n) is 3.69. The quantitative estimate of drug-likeness (QED) is 0.691. The van der Waals surface area contributed by atoms with Gasteiger partial charge in [0.05, 0.1) is 24.6 Å². The van der Waals surface area contributed by atoms with Gasteiger partial charge in [-0.2, -0.15) is 0 Å². The molecule has 0 saturated heterocycles. The molecule has 0 bridgehead atoms. The maximum absolute atomic E-state index is 5.96. The zero-order valence-corrected chi connectivity index (χ0v) is 10.9. The van der Waals surface area contributed by atoms with Gasteiger partial charge in [-0.25, -0.2) is 0 Å². The van der Waals surface area contributed by atoms with Crippen LogP contribution in [0.15, 0.2) is 24.5 Å². The summed E-state index contributed by atoms with van der Waals surface area (Å²) >= 11 is 0. The number of hydrogen-bond acceptors (Lipinski definition) is 2. The van der Waals surface area contributed by atoms with Crippen molar-refractivity contribution in [2.24, 2.45) is 5.92 Å². The first-order valence-electron chi connectivity index (χ1n) is 6.89. The van der Waals surface area contributed by atoms with Crippen LogP contribution < -0.4 is 0 Å². The third kappa shape index (κ3) is 3.88. The summed E-state index contributed by atoms with van der Waals surface area (Å²) in [7, 11) is 0. The van der Waals surface area contributed by atoms with Gasteiger partial charge in [-0.15, -0.1) is 6.58 Å². The van der Waals surface area contributed by atoms with E-state index >= 15 is 0 Å². The lowest BCUT2D eigenvalue weighted by atomic mass is 9.90. The molecule has 2 heteroatoms. The first kappa shape index (κ1) is 12.7. The van der Waals surface area contributed by atoms with Crippen LogP contribution in [0.5, 0.6) is 0 Å². The fraction of sp³-hybridized carbons (Fsp3) is 0.733. The Morgan fingerprint density at radius 1 is 1.41 bits per heavy atom. The van der Waals surface area contributed by atoms with Crippen LogP contribution in [0.4, 0.5) is 0 Å². The summed E-state index contributed by atoms with van der Waals surface area (Å²) in [6.45, 7) is 6.76. The van der Waals surface area contributed by atoms with E-state index in [2.05, 4.69) is 19.6 Å². The van der Waals surface area contributed by atoms with E-state index in [9.17, 15) is 0 Å². The van der Waals surface area contributed by atoms with Crippen LogP contribution in [0.25, 0.3) is 0 Å². The number of hydrogen-bond donors (Lipinski definition) is 0. The number of ether oxygens (including phenoxy) is 2. The molecule has 0 aromatic heterocycles. The lowest BCUT2D eigenvalue weighted by Gasteiger charge is -2.27. The van der Waals surface area contributed by atoms with Crippen LogP contribution >= 0.6 is 0 Å². The highest BCUT2D eigenvalue weighted by molar-refractivity contribution is 5.09. The Labute approximate surface area is 105 Å². The lowest BCUT2D eigenvalue weighted by molar-refractivity contribution is 0.0132. The largest absolute Gasteiger partial charge is 0.498 e. The molecule has 0 aromatic carbocycles. The van der Waals surface area contributed by atoms with E-state index in [0.717, 1.165) is 24.7 Å². The van der Waals surface area contributed by atoms with Gasteiger partial charge >= 0.3 is 0 Å². The summed E-state index contributed by atoms with van der Waals surface area (Å²) in [6, 6.07) is 0. The van der Waals surface area contributed by atoms with Crippen molar-refractivity contribution < 1.29 is 9.47 Å². The molecule has 1 heterocycles. The van der Waals surface area contributed by atoms with Crippen LogP contribution in [0.1, 0.15) is 45.4 Å². The van der Waals surface area contributed by atoms with E-state index in [1.165, 1.54) is 32.1 Å². The van der Waals surface area contributed by atoms with Crippen molar-refractivity contribution in [2.45, 2.75) is 57.7 Å². The van der Waals surface area contributed by atoms with E-state index in [4.69, 9.17) is 9.47 Å². The van der Waals surface area contributed by atoms with E-state index in [1.54, 1.807) is 0 Å². The highest BCUT2D eigenvalue weighted by Gasteiger charge is 2.20. The van der Waals surface area contributed by atoms with E-state index in [0.29, 0.717) is 0 Å². The van der Waals surface area contributed by atoms with Crippen LogP contribution in [0.2, 0.25) is 0 Å². The van der Waals surface area contributed by atoms with Gasteiger partial charge in [-0.05, 0) is 31.8 Å². The molecule has 1 fully saturated rings. The maximum atomic E-state index is 5.96. The average Bonchev–Trinajstić information content (AvgIpc) is 2.37. The van der Waals surface area contributed by atoms with Gasteiger partial charge < -0.3 is 9.47 Å². The summed E-state index contributed by atoms with van der Waals surface area (Å²) in [5.74, 6) is 1.87. The monoisotopic (exact) mass is 236 g/mol. The van der Waals surface area contributed by atoms with Crippen molar-refractivity contribution in [1.82, 2.24) is 0 Å². The Kier molecular flexibility index (Phi) is 4.66. The Bertz CT molecular complexity index is 277. The predicted molar refractivity (Wildman–Crippen MR) is 69.8 cm³/mol. The van der Waals surface area contributed by atoms with E-state index < -0.39 is 0 Å². The third-order valence-corrected chi connectivity index (χ3v) is 3.69. The van der Waals surface area contributed by atoms with Gasteiger partial charge in [0, 0.05) is 6.42 Å². The smallest absolute Gasteiger partial charge is 0.0974 e. The second-order valence-electron chi connectivity index (χ2n) is 5.30. The van der Waals surface area contributed by atoms with Gasteiger partial charge in [-0.1, -0.05) is 25.3 Å².